The van der Waals surface area contributed by atoms with Gasteiger partial charge in [0.05, 0.1) is 19.8 Å². The predicted octanol–water partition coefficient (Wildman–Crippen LogP) is 1.70. The van der Waals surface area contributed by atoms with Crippen molar-refractivity contribution < 1.29 is 9.47 Å². The Morgan fingerprint density at radius 2 is 1.46 bits per heavy atom. The summed E-state index contributed by atoms with van der Waals surface area (Å²) in [6, 6.07) is 0. The van der Waals surface area contributed by atoms with Crippen LogP contribution in [-0.2, 0) is 20.4 Å². The van der Waals surface area contributed by atoms with Gasteiger partial charge in [-0.25, -0.2) is 0 Å². The Hall–Kier alpha value is 0.270. The van der Waals surface area contributed by atoms with Crippen molar-refractivity contribution in [2.24, 2.45) is 0 Å². The molecular formula is C10H23O2S+. The van der Waals surface area contributed by atoms with Crippen molar-refractivity contribution in [2.75, 3.05) is 43.7 Å². The monoisotopic (exact) mass is 207 g/mol. The molecule has 0 aliphatic heterocycles. The highest BCUT2D eigenvalue weighted by Gasteiger charge is 2.10. The van der Waals surface area contributed by atoms with Gasteiger partial charge in [-0.2, -0.15) is 0 Å². The Balaban J connectivity index is 3.05. The fraction of sp³-hybridized carbons (Fsp3) is 1.00. The highest BCUT2D eigenvalue weighted by atomic mass is 32.2. The fourth-order valence-electron chi connectivity index (χ4n) is 1.03. The van der Waals surface area contributed by atoms with Gasteiger partial charge in [-0.1, -0.05) is 0 Å². The van der Waals surface area contributed by atoms with Crippen LogP contribution < -0.4 is 0 Å². The van der Waals surface area contributed by atoms with Crippen molar-refractivity contribution in [3.05, 3.63) is 0 Å². The second-order valence-corrected chi connectivity index (χ2v) is 5.49. The van der Waals surface area contributed by atoms with Gasteiger partial charge in [-0.05, 0) is 31.7 Å². The van der Waals surface area contributed by atoms with E-state index in [0.29, 0.717) is 10.9 Å². The normalized spacial score (nSPS) is 11.1. The van der Waals surface area contributed by atoms with Crippen LogP contribution in [0.1, 0.15) is 20.8 Å². The predicted molar refractivity (Wildman–Crippen MR) is 60.6 cm³/mol. The van der Waals surface area contributed by atoms with E-state index >= 15 is 0 Å². The molecule has 0 radical (unpaired) electrons. The van der Waals surface area contributed by atoms with Crippen LogP contribution in [0.4, 0.5) is 0 Å². The summed E-state index contributed by atoms with van der Waals surface area (Å²) in [6.07, 6.45) is 0. The van der Waals surface area contributed by atoms with Crippen LogP contribution >= 0.6 is 0 Å². The summed E-state index contributed by atoms with van der Waals surface area (Å²) in [6.45, 7) is 9.70. The smallest absolute Gasteiger partial charge is 0.131 e. The maximum absolute atomic E-state index is 5.45. The van der Waals surface area contributed by atoms with Gasteiger partial charge in [-0.15, -0.1) is 0 Å². The van der Waals surface area contributed by atoms with Crippen LogP contribution in [0.5, 0.6) is 0 Å². The number of rotatable bonds is 9. The zero-order valence-corrected chi connectivity index (χ0v) is 9.99. The molecule has 0 rings (SSSR count). The van der Waals surface area contributed by atoms with E-state index in [2.05, 4.69) is 13.8 Å². The molecule has 0 spiro atoms. The van der Waals surface area contributed by atoms with Gasteiger partial charge in [0.1, 0.15) is 17.3 Å². The third kappa shape index (κ3) is 8.60. The van der Waals surface area contributed by atoms with Gasteiger partial charge >= 0.3 is 0 Å². The maximum atomic E-state index is 5.45. The number of hydrogen-bond donors (Lipinski definition) is 0. The Morgan fingerprint density at radius 3 is 2.00 bits per heavy atom. The first-order valence-electron chi connectivity index (χ1n) is 5.14. The molecule has 0 aliphatic rings. The molecule has 3 heteroatoms. The molecule has 13 heavy (non-hydrogen) atoms. The molecule has 0 N–H and O–H groups in total. The van der Waals surface area contributed by atoms with E-state index in [-0.39, 0.29) is 0 Å². The Kier molecular flexibility index (Phi) is 10.6. The molecule has 0 aliphatic carbocycles. The summed E-state index contributed by atoms with van der Waals surface area (Å²) in [5.41, 5.74) is 0. The third-order valence-electron chi connectivity index (χ3n) is 1.91. The van der Waals surface area contributed by atoms with Gasteiger partial charge in [-0.3, -0.25) is 0 Å². The topological polar surface area (TPSA) is 18.5 Å². The zero-order valence-electron chi connectivity index (χ0n) is 9.17. The molecule has 0 bridgehead atoms. The van der Waals surface area contributed by atoms with Crippen molar-refractivity contribution >= 4 is 10.9 Å². The van der Waals surface area contributed by atoms with Gasteiger partial charge in [0, 0.05) is 6.61 Å². The molecule has 2 nitrogen and oxygen atoms in total. The lowest BCUT2D eigenvalue weighted by Gasteiger charge is -2.05. The van der Waals surface area contributed by atoms with Crippen LogP contribution in [0.3, 0.4) is 0 Å². The van der Waals surface area contributed by atoms with E-state index in [1.54, 1.807) is 0 Å². The van der Waals surface area contributed by atoms with Crippen molar-refractivity contribution in [3.63, 3.8) is 0 Å². The van der Waals surface area contributed by atoms with E-state index < -0.39 is 0 Å². The number of hydrogen-bond acceptors (Lipinski definition) is 2. The molecule has 0 atom stereocenters. The Morgan fingerprint density at radius 1 is 0.846 bits per heavy atom. The average molecular weight is 207 g/mol. The van der Waals surface area contributed by atoms with E-state index in [1.807, 2.05) is 6.92 Å². The first-order valence-corrected chi connectivity index (χ1v) is 6.87. The lowest BCUT2D eigenvalue weighted by molar-refractivity contribution is 0.0593. The standard InChI is InChI=1S/C10H23O2S/c1-4-11-7-8-12-9-10-13(5-2)6-3/h4-10H2,1-3H3/q+1. The van der Waals surface area contributed by atoms with E-state index in [1.165, 1.54) is 17.3 Å². The highest BCUT2D eigenvalue weighted by molar-refractivity contribution is 7.96. The maximum Gasteiger partial charge on any atom is 0.131 e. The molecule has 0 unspecified atom stereocenters. The van der Waals surface area contributed by atoms with Crippen molar-refractivity contribution in [1.29, 1.82) is 0 Å². The first kappa shape index (κ1) is 13.3. The van der Waals surface area contributed by atoms with Gasteiger partial charge in [0.2, 0.25) is 0 Å². The van der Waals surface area contributed by atoms with Crippen molar-refractivity contribution in [3.8, 4) is 0 Å². The molecule has 0 aromatic rings. The van der Waals surface area contributed by atoms with E-state index in [9.17, 15) is 0 Å². The average Bonchev–Trinajstić information content (AvgIpc) is 2.17. The fourth-order valence-corrected chi connectivity index (χ4v) is 2.37. The third-order valence-corrected chi connectivity index (χ3v) is 4.29. The lowest BCUT2D eigenvalue weighted by atomic mass is 10.7. The minimum Gasteiger partial charge on any atom is -0.379 e. The molecule has 0 saturated carbocycles. The second-order valence-electron chi connectivity index (χ2n) is 2.70. The molecule has 0 amide bonds. The molecule has 0 fully saturated rings. The SMILES string of the molecule is CCOCCOCC[S+](CC)CC. The van der Waals surface area contributed by atoms with Crippen LogP contribution in [0.2, 0.25) is 0 Å². The van der Waals surface area contributed by atoms with Crippen molar-refractivity contribution in [1.82, 2.24) is 0 Å². The van der Waals surface area contributed by atoms with Crippen LogP contribution in [0, 0.1) is 0 Å². The highest BCUT2D eigenvalue weighted by Crippen LogP contribution is 1.95. The lowest BCUT2D eigenvalue weighted by Crippen LogP contribution is -2.18. The van der Waals surface area contributed by atoms with Gasteiger partial charge in [0.25, 0.3) is 0 Å². The summed E-state index contributed by atoms with van der Waals surface area (Å²) in [5.74, 6) is 3.82. The summed E-state index contributed by atoms with van der Waals surface area (Å²) >= 11 is 0. The molecule has 0 aromatic carbocycles. The second kappa shape index (κ2) is 10.4. The van der Waals surface area contributed by atoms with E-state index in [4.69, 9.17) is 9.47 Å². The van der Waals surface area contributed by atoms with Crippen LogP contribution in [0.15, 0.2) is 0 Å². The van der Waals surface area contributed by atoms with Crippen molar-refractivity contribution in [2.45, 2.75) is 20.8 Å². The molecule has 0 saturated heterocycles. The summed E-state index contributed by atoms with van der Waals surface area (Å²) in [7, 11) is 0.589. The quantitative estimate of drug-likeness (QED) is 0.423. The summed E-state index contributed by atoms with van der Waals surface area (Å²) in [4.78, 5) is 0. The van der Waals surface area contributed by atoms with Crippen LogP contribution in [-0.4, -0.2) is 43.7 Å². The van der Waals surface area contributed by atoms with E-state index in [0.717, 1.165) is 26.4 Å². The van der Waals surface area contributed by atoms with Gasteiger partial charge in [0.15, 0.2) is 0 Å². The zero-order chi connectivity index (χ0) is 9.94. The number of ether oxygens (including phenoxy) is 2. The molecular weight excluding hydrogens is 184 g/mol. The van der Waals surface area contributed by atoms with Gasteiger partial charge < -0.3 is 9.47 Å². The summed E-state index contributed by atoms with van der Waals surface area (Å²) in [5, 5.41) is 0. The Bertz CT molecular complexity index is 94.9. The van der Waals surface area contributed by atoms with Crippen LogP contribution in [0.25, 0.3) is 0 Å². The first-order chi connectivity index (χ1) is 6.35. The minimum atomic E-state index is 0.589. The minimum absolute atomic E-state index is 0.589. The molecule has 0 heterocycles. The Labute approximate surface area is 85.3 Å². The largest absolute Gasteiger partial charge is 0.379 e. The molecule has 0 aromatic heterocycles. The molecule has 80 valence electrons. The summed E-state index contributed by atoms with van der Waals surface area (Å²) < 4.78 is 10.6.